The van der Waals surface area contributed by atoms with E-state index in [9.17, 15) is 4.79 Å². The van der Waals surface area contributed by atoms with E-state index in [0.29, 0.717) is 19.0 Å². The van der Waals surface area contributed by atoms with E-state index in [2.05, 4.69) is 35.1 Å². The SMILES string of the molecule is CC(C)CC(CN)C(=O)NCc1ccccc1Br. The summed E-state index contributed by atoms with van der Waals surface area (Å²) in [6, 6.07) is 7.87. The monoisotopic (exact) mass is 312 g/mol. The summed E-state index contributed by atoms with van der Waals surface area (Å²) in [5, 5.41) is 2.95. The van der Waals surface area contributed by atoms with Crippen LogP contribution in [0.15, 0.2) is 28.7 Å². The van der Waals surface area contributed by atoms with E-state index < -0.39 is 0 Å². The molecule has 0 aliphatic rings. The van der Waals surface area contributed by atoms with Crippen LogP contribution in [0.1, 0.15) is 25.8 Å². The van der Waals surface area contributed by atoms with Gasteiger partial charge in [-0.05, 0) is 24.0 Å². The molecular weight excluding hydrogens is 292 g/mol. The van der Waals surface area contributed by atoms with Crippen LogP contribution >= 0.6 is 15.9 Å². The van der Waals surface area contributed by atoms with Crippen molar-refractivity contribution >= 4 is 21.8 Å². The van der Waals surface area contributed by atoms with Crippen LogP contribution in [-0.4, -0.2) is 12.5 Å². The van der Waals surface area contributed by atoms with Crippen LogP contribution in [-0.2, 0) is 11.3 Å². The van der Waals surface area contributed by atoms with Crippen molar-refractivity contribution < 1.29 is 4.79 Å². The number of hydrogen-bond donors (Lipinski definition) is 2. The van der Waals surface area contributed by atoms with Gasteiger partial charge in [0.15, 0.2) is 0 Å². The van der Waals surface area contributed by atoms with E-state index in [0.717, 1.165) is 16.5 Å². The smallest absolute Gasteiger partial charge is 0.224 e. The number of nitrogens with one attached hydrogen (secondary N) is 1. The zero-order valence-electron chi connectivity index (χ0n) is 10.9. The van der Waals surface area contributed by atoms with Gasteiger partial charge >= 0.3 is 0 Å². The Balaban J connectivity index is 2.52. The van der Waals surface area contributed by atoms with Crippen LogP contribution in [0.5, 0.6) is 0 Å². The predicted molar refractivity (Wildman–Crippen MR) is 78.0 cm³/mol. The number of halogens is 1. The van der Waals surface area contributed by atoms with Gasteiger partial charge in [-0.15, -0.1) is 0 Å². The summed E-state index contributed by atoms with van der Waals surface area (Å²) in [5.41, 5.74) is 6.73. The summed E-state index contributed by atoms with van der Waals surface area (Å²) in [7, 11) is 0. The molecule has 0 heterocycles. The molecular formula is C14H21BrN2O. The van der Waals surface area contributed by atoms with Crippen LogP contribution < -0.4 is 11.1 Å². The minimum Gasteiger partial charge on any atom is -0.352 e. The number of carbonyl (C=O) groups is 1. The van der Waals surface area contributed by atoms with Crippen molar-refractivity contribution in [1.82, 2.24) is 5.32 Å². The van der Waals surface area contributed by atoms with E-state index in [1.165, 1.54) is 0 Å². The first-order valence-electron chi connectivity index (χ1n) is 6.25. The number of hydrogen-bond acceptors (Lipinski definition) is 2. The Morgan fingerprint density at radius 2 is 2.06 bits per heavy atom. The first kappa shape index (κ1) is 15.2. The zero-order valence-corrected chi connectivity index (χ0v) is 12.5. The lowest BCUT2D eigenvalue weighted by Crippen LogP contribution is -2.35. The standard InChI is InChI=1S/C14H21BrN2O/c1-10(2)7-12(8-16)14(18)17-9-11-5-3-4-6-13(11)15/h3-6,10,12H,7-9,16H2,1-2H3,(H,17,18). The highest BCUT2D eigenvalue weighted by molar-refractivity contribution is 9.10. The Morgan fingerprint density at radius 3 is 2.61 bits per heavy atom. The van der Waals surface area contributed by atoms with Crippen LogP contribution in [0.3, 0.4) is 0 Å². The quantitative estimate of drug-likeness (QED) is 0.848. The van der Waals surface area contributed by atoms with Crippen LogP contribution in [0.25, 0.3) is 0 Å². The molecule has 1 atom stereocenters. The van der Waals surface area contributed by atoms with Crippen molar-refractivity contribution in [3.63, 3.8) is 0 Å². The van der Waals surface area contributed by atoms with Gasteiger partial charge < -0.3 is 11.1 Å². The van der Waals surface area contributed by atoms with Crippen molar-refractivity contribution in [3.05, 3.63) is 34.3 Å². The van der Waals surface area contributed by atoms with Gasteiger partial charge in [0, 0.05) is 17.6 Å². The highest BCUT2D eigenvalue weighted by Gasteiger charge is 2.17. The fourth-order valence-electron chi connectivity index (χ4n) is 1.85. The van der Waals surface area contributed by atoms with Crippen molar-refractivity contribution in [1.29, 1.82) is 0 Å². The lowest BCUT2D eigenvalue weighted by molar-refractivity contribution is -0.125. The van der Waals surface area contributed by atoms with Crippen LogP contribution in [0, 0.1) is 11.8 Å². The first-order valence-corrected chi connectivity index (χ1v) is 7.05. The van der Waals surface area contributed by atoms with Gasteiger partial charge in [0.05, 0.1) is 5.92 Å². The van der Waals surface area contributed by atoms with Crippen molar-refractivity contribution in [3.8, 4) is 0 Å². The molecule has 0 bridgehead atoms. The summed E-state index contributed by atoms with van der Waals surface area (Å²) in [6.07, 6.45) is 0.832. The second-order valence-corrected chi connectivity index (χ2v) is 5.73. The fraction of sp³-hybridized carbons (Fsp3) is 0.500. The number of rotatable bonds is 6. The molecule has 1 rings (SSSR count). The highest BCUT2D eigenvalue weighted by Crippen LogP contribution is 2.16. The fourth-order valence-corrected chi connectivity index (χ4v) is 2.27. The van der Waals surface area contributed by atoms with E-state index >= 15 is 0 Å². The normalized spacial score (nSPS) is 12.5. The maximum atomic E-state index is 12.0. The lowest BCUT2D eigenvalue weighted by atomic mass is 9.96. The average molecular weight is 313 g/mol. The van der Waals surface area contributed by atoms with Gasteiger partial charge in [-0.25, -0.2) is 0 Å². The number of amides is 1. The van der Waals surface area contributed by atoms with E-state index in [1.54, 1.807) is 0 Å². The maximum absolute atomic E-state index is 12.0. The van der Waals surface area contributed by atoms with Gasteiger partial charge in [-0.2, -0.15) is 0 Å². The van der Waals surface area contributed by atoms with Crippen LogP contribution in [0.4, 0.5) is 0 Å². The third-order valence-corrected chi connectivity index (χ3v) is 3.60. The topological polar surface area (TPSA) is 55.1 Å². The molecule has 0 radical (unpaired) electrons. The second-order valence-electron chi connectivity index (χ2n) is 4.87. The molecule has 100 valence electrons. The van der Waals surface area contributed by atoms with Crippen molar-refractivity contribution in [2.45, 2.75) is 26.8 Å². The maximum Gasteiger partial charge on any atom is 0.224 e. The van der Waals surface area contributed by atoms with Gasteiger partial charge in [-0.1, -0.05) is 48.0 Å². The Morgan fingerprint density at radius 1 is 1.39 bits per heavy atom. The minimum atomic E-state index is -0.0903. The summed E-state index contributed by atoms with van der Waals surface area (Å²) in [5.74, 6) is 0.433. The summed E-state index contributed by atoms with van der Waals surface area (Å²) in [6.45, 7) is 5.14. The number of benzene rings is 1. The molecule has 1 aromatic carbocycles. The third kappa shape index (κ3) is 4.78. The van der Waals surface area contributed by atoms with Gasteiger partial charge in [0.2, 0.25) is 5.91 Å². The van der Waals surface area contributed by atoms with Crippen LogP contribution in [0.2, 0.25) is 0 Å². The minimum absolute atomic E-state index is 0.0435. The molecule has 0 aliphatic heterocycles. The van der Waals surface area contributed by atoms with E-state index in [4.69, 9.17) is 5.73 Å². The van der Waals surface area contributed by atoms with E-state index in [1.807, 2.05) is 24.3 Å². The Labute approximate surface area is 117 Å². The Kier molecular flexibility index (Phi) is 6.36. The average Bonchev–Trinajstić information content (AvgIpc) is 2.34. The molecule has 1 aromatic rings. The molecule has 0 aliphatic carbocycles. The molecule has 18 heavy (non-hydrogen) atoms. The molecule has 1 amide bonds. The molecule has 3 nitrogen and oxygen atoms in total. The van der Waals surface area contributed by atoms with Crippen molar-refractivity contribution in [2.24, 2.45) is 17.6 Å². The summed E-state index contributed by atoms with van der Waals surface area (Å²) < 4.78 is 1.01. The Hall–Kier alpha value is -0.870. The summed E-state index contributed by atoms with van der Waals surface area (Å²) >= 11 is 3.46. The lowest BCUT2D eigenvalue weighted by Gasteiger charge is -2.17. The molecule has 1 unspecified atom stereocenters. The van der Waals surface area contributed by atoms with E-state index in [-0.39, 0.29) is 11.8 Å². The summed E-state index contributed by atoms with van der Waals surface area (Å²) in [4.78, 5) is 12.0. The molecule has 3 N–H and O–H groups in total. The second kappa shape index (κ2) is 7.54. The van der Waals surface area contributed by atoms with Crippen molar-refractivity contribution in [2.75, 3.05) is 6.54 Å². The predicted octanol–water partition coefficient (Wildman–Crippen LogP) is 2.69. The molecule has 0 fully saturated rings. The van der Waals surface area contributed by atoms with Gasteiger partial charge in [0.25, 0.3) is 0 Å². The third-order valence-electron chi connectivity index (χ3n) is 2.82. The molecule has 4 heteroatoms. The first-order chi connectivity index (χ1) is 8.54. The molecule has 0 saturated heterocycles. The van der Waals surface area contributed by atoms with Gasteiger partial charge in [0.1, 0.15) is 0 Å². The number of nitrogens with two attached hydrogens (primary N) is 1. The Bertz CT molecular complexity index is 393. The molecule has 0 aromatic heterocycles. The zero-order chi connectivity index (χ0) is 13.5. The molecule has 0 saturated carbocycles. The largest absolute Gasteiger partial charge is 0.352 e. The molecule has 0 spiro atoms. The highest BCUT2D eigenvalue weighted by atomic mass is 79.9. The number of carbonyl (C=O) groups excluding carboxylic acids is 1. The van der Waals surface area contributed by atoms with Gasteiger partial charge in [-0.3, -0.25) is 4.79 Å².